The summed E-state index contributed by atoms with van der Waals surface area (Å²) in [5.74, 6) is 0.0633. The highest BCUT2D eigenvalue weighted by Gasteiger charge is 2.16. The quantitative estimate of drug-likeness (QED) is 0.572. The maximum Gasteiger partial charge on any atom is 0.284 e. The lowest BCUT2D eigenvalue weighted by atomic mass is 10.2. The van der Waals surface area contributed by atoms with Gasteiger partial charge in [-0.2, -0.15) is 13.4 Å². The summed E-state index contributed by atoms with van der Waals surface area (Å²) >= 11 is 7.09. The van der Waals surface area contributed by atoms with E-state index in [9.17, 15) is 8.42 Å². The standard InChI is InChI=1S/C17H17ClN2O3S2/c1-3-23-17(24-2)19-16(13-7-5-4-6-8-13)20-25(21,22)15-11-9-14(18)10-12-15/h4-12H,3H2,1-2H3. The first-order valence-electron chi connectivity index (χ1n) is 7.37. The van der Waals surface area contributed by atoms with E-state index in [0.717, 1.165) is 0 Å². The van der Waals surface area contributed by atoms with E-state index in [4.69, 9.17) is 16.3 Å². The van der Waals surface area contributed by atoms with Gasteiger partial charge in [-0.3, -0.25) is 0 Å². The van der Waals surface area contributed by atoms with Gasteiger partial charge in [0.2, 0.25) is 0 Å². The van der Waals surface area contributed by atoms with Crippen LogP contribution in [-0.4, -0.2) is 32.3 Å². The number of aliphatic imine (C=N–C) groups is 1. The van der Waals surface area contributed by atoms with Gasteiger partial charge in [-0.05, 0) is 37.4 Å². The van der Waals surface area contributed by atoms with E-state index >= 15 is 0 Å². The molecule has 0 amide bonds. The van der Waals surface area contributed by atoms with Gasteiger partial charge in [0.1, 0.15) is 0 Å². The van der Waals surface area contributed by atoms with Crippen molar-refractivity contribution in [3.63, 3.8) is 0 Å². The fraction of sp³-hybridized carbons (Fsp3) is 0.176. The molecule has 0 atom stereocenters. The van der Waals surface area contributed by atoms with Crippen LogP contribution in [0, 0.1) is 0 Å². The minimum Gasteiger partial charge on any atom is -0.473 e. The summed E-state index contributed by atoms with van der Waals surface area (Å²) in [6, 6.07) is 14.7. The zero-order valence-electron chi connectivity index (χ0n) is 13.7. The van der Waals surface area contributed by atoms with E-state index in [1.165, 1.54) is 36.0 Å². The third kappa shape index (κ3) is 5.59. The van der Waals surface area contributed by atoms with Gasteiger partial charge in [0.05, 0.1) is 11.5 Å². The Hall–Kier alpha value is -1.83. The van der Waals surface area contributed by atoms with Crippen molar-refractivity contribution >= 4 is 44.5 Å². The molecule has 0 spiro atoms. The highest BCUT2D eigenvalue weighted by Crippen LogP contribution is 2.18. The first kappa shape index (κ1) is 19.5. The molecule has 132 valence electrons. The van der Waals surface area contributed by atoms with Crippen molar-refractivity contribution in [1.82, 2.24) is 0 Å². The molecule has 0 N–H and O–H groups in total. The molecule has 25 heavy (non-hydrogen) atoms. The fourth-order valence-corrected chi connectivity index (χ4v) is 3.34. The average Bonchev–Trinajstić information content (AvgIpc) is 2.61. The third-order valence-corrected chi connectivity index (χ3v) is 5.08. The molecule has 0 saturated heterocycles. The summed E-state index contributed by atoms with van der Waals surface area (Å²) in [5.41, 5.74) is 0.575. The number of nitrogens with zero attached hydrogens (tertiary/aromatic N) is 2. The van der Waals surface area contributed by atoms with Gasteiger partial charge in [0.15, 0.2) is 5.84 Å². The second kappa shape index (κ2) is 9.03. The number of hydrogen-bond acceptors (Lipinski definition) is 4. The molecule has 0 aliphatic carbocycles. The minimum atomic E-state index is -3.94. The van der Waals surface area contributed by atoms with Gasteiger partial charge in [-0.1, -0.05) is 53.7 Å². The molecular weight excluding hydrogens is 380 g/mol. The van der Waals surface area contributed by atoms with Crippen molar-refractivity contribution in [2.24, 2.45) is 9.39 Å². The van der Waals surface area contributed by atoms with Crippen molar-refractivity contribution < 1.29 is 13.2 Å². The summed E-state index contributed by atoms with van der Waals surface area (Å²) in [6.07, 6.45) is 1.80. The smallest absolute Gasteiger partial charge is 0.284 e. The minimum absolute atomic E-state index is 0.0441. The molecule has 0 aliphatic heterocycles. The van der Waals surface area contributed by atoms with Crippen molar-refractivity contribution in [3.8, 4) is 0 Å². The van der Waals surface area contributed by atoms with Gasteiger partial charge in [0.25, 0.3) is 15.3 Å². The molecule has 2 aromatic rings. The first-order valence-corrected chi connectivity index (χ1v) is 10.4. The highest BCUT2D eigenvalue weighted by atomic mass is 35.5. The van der Waals surface area contributed by atoms with Crippen LogP contribution in [-0.2, 0) is 14.8 Å². The molecule has 8 heteroatoms. The van der Waals surface area contributed by atoms with Crippen LogP contribution < -0.4 is 0 Å². The van der Waals surface area contributed by atoms with Crippen LogP contribution in [0.4, 0.5) is 0 Å². The van der Waals surface area contributed by atoms with Gasteiger partial charge >= 0.3 is 0 Å². The molecule has 5 nitrogen and oxygen atoms in total. The summed E-state index contributed by atoms with van der Waals surface area (Å²) in [4.78, 5) is 4.33. The molecule has 2 rings (SSSR count). The van der Waals surface area contributed by atoms with Gasteiger partial charge in [0, 0.05) is 10.6 Å². The van der Waals surface area contributed by atoms with E-state index < -0.39 is 10.0 Å². The van der Waals surface area contributed by atoms with E-state index in [1.807, 2.05) is 13.0 Å². The van der Waals surface area contributed by atoms with Crippen LogP contribution in [0.15, 0.2) is 68.9 Å². The van der Waals surface area contributed by atoms with E-state index in [-0.39, 0.29) is 10.7 Å². The predicted molar refractivity (Wildman–Crippen MR) is 104 cm³/mol. The summed E-state index contributed by atoms with van der Waals surface area (Å²) in [6.45, 7) is 2.25. The number of hydrogen-bond donors (Lipinski definition) is 0. The number of sulfonamides is 1. The Morgan fingerprint density at radius 3 is 2.32 bits per heavy atom. The lowest BCUT2D eigenvalue weighted by Gasteiger charge is -2.07. The van der Waals surface area contributed by atoms with Crippen LogP contribution in [0.25, 0.3) is 0 Å². The zero-order valence-corrected chi connectivity index (χ0v) is 16.1. The molecule has 0 unspecified atom stereocenters. The monoisotopic (exact) mass is 396 g/mol. The molecule has 0 saturated carbocycles. The second-order valence-corrected chi connectivity index (χ2v) is 7.52. The van der Waals surface area contributed by atoms with E-state index in [0.29, 0.717) is 22.4 Å². The number of amidine groups is 1. The maximum absolute atomic E-state index is 12.6. The lowest BCUT2D eigenvalue weighted by Crippen LogP contribution is -2.09. The Bertz CT molecular complexity index is 865. The summed E-state index contributed by atoms with van der Waals surface area (Å²) in [5, 5.41) is 0.793. The zero-order chi connectivity index (χ0) is 18.3. The van der Waals surface area contributed by atoms with E-state index in [2.05, 4.69) is 9.39 Å². The first-order chi connectivity index (χ1) is 12.0. The number of rotatable bonds is 4. The van der Waals surface area contributed by atoms with Gasteiger partial charge < -0.3 is 4.74 Å². The molecular formula is C17H17ClN2O3S2. The number of benzene rings is 2. The summed E-state index contributed by atoms with van der Waals surface area (Å²) in [7, 11) is -3.94. The van der Waals surface area contributed by atoms with Crippen LogP contribution in [0.1, 0.15) is 12.5 Å². The van der Waals surface area contributed by atoms with Crippen molar-refractivity contribution in [2.75, 3.05) is 12.9 Å². The van der Waals surface area contributed by atoms with Crippen LogP contribution in [0.3, 0.4) is 0 Å². The molecule has 0 bridgehead atoms. The molecule has 2 aromatic carbocycles. The second-order valence-electron chi connectivity index (χ2n) is 4.72. The Labute approximate surface area is 156 Å². The lowest BCUT2D eigenvalue weighted by molar-refractivity contribution is 0.338. The van der Waals surface area contributed by atoms with Crippen molar-refractivity contribution in [1.29, 1.82) is 0 Å². The van der Waals surface area contributed by atoms with Gasteiger partial charge in [-0.25, -0.2) is 0 Å². The fourth-order valence-electron chi connectivity index (χ4n) is 1.84. The predicted octanol–water partition coefficient (Wildman–Crippen LogP) is 4.23. The van der Waals surface area contributed by atoms with Gasteiger partial charge in [-0.15, -0.1) is 4.40 Å². The maximum atomic E-state index is 12.6. The van der Waals surface area contributed by atoms with Crippen LogP contribution >= 0.6 is 23.4 Å². The average molecular weight is 397 g/mol. The molecule has 0 aromatic heterocycles. The molecule has 0 heterocycles. The third-order valence-electron chi connectivity index (χ3n) is 2.99. The largest absolute Gasteiger partial charge is 0.473 e. The van der Waals surface area contributed by atoms with Crippen LogP contribution in [0.2, 0.25) is 5.02 Å². The number of ether oxygens (including phenoxy) is 1. The Morgan fingerprint density at radius 2 is 1.76 bits per heavy atom. The Kier molecular flexibility index (Phi) is 7.04. The summed E-state index contributed by atoms with van der Waals surface area (Å²) < 4.78 is 34.5. The molecule has 0 radical (unpaired) electrons. The topological polar surface area (TPSA) is 68.1 Å². The van der Waals surface area contributed by atoms with Crippen molar-refractivity contribution in [3.05, 3.63) is 65.2 Å². The van der Waals surface area contributed by atoms with Crippen molar-refractivity contribution in [2.45, 2.75) is 11.8 Å². The number of thioether (sulfide) groups is 1. The molecule has 0 fully saturated rings. The number of halogens is 1. The molecule has 0 aliphatic rings. The highest BCUT2D eigenvalue weighted by molar-refractivity contribution is 8.13. The Morgan fingerprint density at radius 1 is 1.12 bits per heavy atom. The van der Waals surface area contributed by atoms with Crippen LogP contribution in [0.5, 0.6) is 0 Å². The Balaban J connectivity index is 2.54. The van der Waals surface area contributed by atoms with E-state index in [1.54, 1.807) is 30.5 Å². The normalized spacial score (nSPS) is 12.9. The SMILES string of the molecule is CCOC(=NC(=NS(=O)(=O)c1ccc(Cl)cc1)c1ccccc1)SC.